The van der Waals surface area contributed by atoms with E-state index in [2.05, 4.69) is 67.6 Å². The van der Waals surface area contributed by atoms with Crippen LogP contribution in [0.4, 0.5) is 0 Å². The minimum absolute atomic E-state index is 0.982. The Morgan fingerprint density at radius 3 is 1.67 bits per heavy atom. The van der Waals surface area contributed by atoms with Crippen molar-refractivity contribution in [2.45, 2.75) is 26.2 Å². The van der Waals surface area contributed by atoms with Crippen LogP contribution >= 0.6 is 7.92 Å². The van der Waals surface area contributed by atoms with Crippen molar-refractivity contribution < 1.29 is 0 Å². The summed E-state index contributed by atoms with van der Waals surface area (Å²) < 4.78 is 0. The maximum absolute atomic E-state index is 2.32. The molecule has 0 N–H and O–H groups in total. The van der Waals surface area contributed by atoms with Crippen LogP contribution < -0.4 is 10.6 Å². The molecule has 0 aliphatic heterocycles. The van der Waals surface area contributed by atoms with Crippen LogP contribution in [0.3, 0.4) is 0 Å². The zero-order valence-electron chi connectivity index (χ0n) is 11.2. The third-order valence-corrected chi connectivity index (χ3v) is 6.87. The van der Waals surface area contributed by atoms with Crippen molar-refractivity contribution >= 4 is 18.5 Å². The second-order valence-corrected chi connectivity index (χ2v) is 7.89. The van der Waals surface area contributed by atoms with Gasteiger partial charge in [-0.05, 0) is 0 Å². The molecule has 0 saturated heterocycles. The van der Waals surface area contributed by atoms with Gasteiger partial charge in [-0.3, -0.25) is 0 Å². The molecule has 0 fully saturated rings. The van der Waals surface area contributed by atoms with Gasteiger partial charge in [0.1, 0.15) is 0 Å². The van der Waals surface area contributed by atoms with Crippen LogP contribution in [0.2, 0.25) is 0 Å². The molecule has 18 heavy (non-hydrogen) atoms. The van der Waals surface area contributed by atoms with Crippen molar-refractivity contribution in [3.8, 4) is 0 Å². The van der Waals surface area contributed by atoms with Gasteiger partial charge in [0.2, 0.25) is 0 Å². The van der Waals surface area contributed by atoms with Crippen molar-refractivity contribution in [2.75, 3.05) is 6.16 Å². The summed E-state index contributed by atoms with van der Waals surface area (Å²) >= 11 is 0. The van der Waals surface area contributed by atoms with Crippen molar-refractivity contribution in [3.63, 3.8) is 0 Å². The molecule has 0 radical (unpaired) electrons. The summed E-state index contributed by atoms with van der Waals surface area (Å²) in [4.78, 5) is 0. The van der Waals surface area contributed by atoms with Crippen LogP contribution in [0, 0.1) is 0 Å². The second-order valence-electron chi connectivity index (χ2n) is 4.87. The fraction of sp³-hybridized carbons (Fsp3) is 0.294. The Hall–Kier alpha value is -1.13. The van der Waals surface area contributed by atoms with E-state index in [1.807, 2.05) is 0 Å². The van der Waals surface area contributed by atoms with Gasteiger partial charge in [0.05, 0.1) is 0 Å². The molecule has 2 aromatic carbocycles. The van der Waals surface area contributed by atoms with E-state index in [9.17, 15) is 0 Å². The summed E-state index contributed by atoms with van der Waals surface area (Å²) in [6.07, 6.45) is 5.44. The molecular formula is C17H23P. The van der Waals surface area contributed by atoms with E-state index in [0.29, 0.717) is 0 Å². The zero-order chi connectivity index (χ0) is 12.6. The number of benzene rings is 2. The number of hydrogen-bond acceptors (Lipinski definition) is 0. The molecule has 1 heteroatoms. The topological polar surface area (TPSA) is 0 Å². The van der Waals surface area contributed by atoms with E-state index in [1.54, 1.807) is 10.6 Å². The molecule has 0 aromatic heterocycles. The molecular weight excluding hydrogens is 235 g/mol. The molecule has 96 valence electrons. The van der Waals surface area contributed by atoms with Gasteiger partial charge in [-0.25, -0.2) is 0 Å². The Labute approximate surface area is 112 Å². The van der Waals surface area contributed by atoms with Gasteiger partial charge < -0.3 is 0 Å². The Bertz CT molecular complexity index is 396. The monoisotopic (exact) mass is 258 g/mol. The first-order chi connectivity index (χ1) is 8.92. The SMILES string of the molecule is CCCCC[PH2](c1ccccc1)c1ccccc1. The predicted octanol–water partition coefficient (Wildman–Crippen LogP) is 3.77. The van der Waals surface area contributed by atoms with Crippen LogP contribution in [-0.2, 0) is 0 Å². The molecule has 0 spiro atoms. The van der Waals surface area contributed by atoms with E-state index < -0.39 is 7.92 Å². The van der Waals surface area contributed by atoms with Gasteiger partial charge in [-0.15, -0.1) is 0 Å². The quantitative estimate of drug-likeness (QED) is 0.546. The number of unbranched alkanes of at least 4 members (excludes halogenated alkanes) is 2. The van der Waals surface area contributed by atoms with Crippen LogP contribution in [0.1, 0.15) is 26.2 Å². The maximum atomic E-state index is 2.32. The Morgan fingerprint density at radius 2 is 1.22 bits per heavy atom. The van der Waals surface area contributed by atoms with Crippen molar-refractivity contribution in [2.24, 2.45) is 0 Å². The normalized spacial score (nSPS) is 11.3. The van der Waals surface area contributed by atoms with Crippen LogP contribution in [0.25, 0.3) is 0 Å². The van der Waals surface area contributed by atoms with Gasteiger partial charge in [-0.1, -0.05) is 0 Å². The van der Waals surface area contributed by atoms with E-state index >= 15 is 0 Å². The summed E-state index contributed by atoms with van der Waals surface area (Å²) in [6.45, 7) is 2.28. The fourth-order valence-electron chi connectivity index (χ4n) is 2.49. The van der Waals surface area contributed by atoms with Gasteiger partial charge in [-0.2, -0.15) is 0 Å². The summed E-state index contributed by atoms with van der Waals surface area (Å²) in [5.74, 6) is 0. The second kappa shape index (κ2) is 7.34. The zero-order valence-corrected chi connectivity index (χ0v) is 12.3. The molecule has 0 nitrogen and oxygen atoms in total. The Balaban J connectivity index is 2.18. The van der Waals surface area contributed by atoms with E-state index in [-0.39, 0.29) is 0 Å². The summed E-state index contributed by atoms with van der Waals surface area (Å²) in [6, 6.07) is 22.2. The molecule has 2 aromatic rings. The molecule has 0 aliphatic carbocycles. The molecule has 0 saturated carbocycles. The van der Waals surface area contributed by atoms with E-state index in [1.165, 1.54) is 25.4 Å². The molecule has 0 bridgehead atoms. The summed E-state index contributed by atoms with van der Waals surface area (Å²) in [5, 5.41) is 3.17. The Morgan fingerprint density at radius 1 is 0.722 bits per heavy atom. The molecule has 0 heterocycles. The number of rotatable bonds is 6. The molecule has 0 unspecified atom stereocenters. The first-order valence-corrected chi connectivity index (χ1v) is 8.99. The van der Waals surface area contributed by atoms with E-state index in [4.69, 9.17) is 0 Å². The average molecular weight is 258 g/mol. The molecule has 0 amide bonds. The third-order valence-electron chi connectivity index (χ3n) is 3.50. The van der Waals surface area contributed by atoms with Crippen molar-refractivity contribution in [1.29, 1.82) is 0 Å². The van der Waals surface area contributed by atoms with E-state index in [0.717, 1.165) is 0 Å². The van der Waals surface area contributed by atoms with Gasteiger partial charge in [0.15, 0.2) is 0 Å². The number of hydrogen-bond donors (Lipinski definition) is 0. The first-order valence-electron chi connectivity index (χ1n) is 7.01. The molecule has 0 atom stereocenters. The summed E-state index contributed by atoms with van der Waals surface area (Å²) in [5.41, 5.74) is 0. The van der Waals surface area contributed by atoms with Gasteiger partial charge >= 0.3 is 112 Å². The van der Waals surface area contributed by atoms with Crippen molar-refractivity contribution in [3.05, 3.63) is 60.7 Å². The standard InChI is InChI=1S/C17H23P/c1-2-3-10-15-18(16-11-6-4-7-12-16)17-13-8-5-9-14-17/h4-9,11-14H,2-3,10,15,18H2,1H3. The first kappa shape index (κ1) is 13.3. The minimum atomic E-state index is -0.982. The average Bonchev–Trinajstić information content (AvgIpc) is 2.46. The fourth-order valence-corrected chi connectivity index (χ4v) is 5.62. The summed E-state index contributed by atoms with van der Waals surface area (Å²) in [7, 11) is -0.982. The Kier molecular flexibility index (Phi) is 5.42. The molecule has 2 rings (SSSR count). The van der Waals surface area contributed by atoms with Gasteiger partial charge in [0, 0.05) is 0 Å². The van der Waals surface area contributed by atoms with Gasteiger partial charge in [0.25, 0.3) is 0 Å². The molecule has 0 aliphatic rings. The van der Waals surface area contributed by atoms with Crippen LogP contribution in [0.5, 0.6) is 0 Å². The van der Waals surface area contributed by atoms with Crippen LogP contribution in [-0.4, -0.2) is 6.16 Å². The third kappa shape index (κ3) is 3.68. The van der Waals surface area contributed by atoms with Crippen LogP contribution in [0.15, 0.2) is 60.7 Å². The van der Waals surface area contributed by atoms with Crippen molar-refractivity contribution in [1.82, 2.24) is 0 Å². The predicted molar refractivity (Wildman–Crippen MR) is 86.3 cm³/mol.